The van der Waals surface area contributed by atoms with Gasteiger partial charge in [0.05, 0.1) is 18.0 Å². The number of hydrogen-bond acceptors (Lipinski definition) is 4. The normalized spacial score (nSPS) is 17.6. The number of benzene rings is 1. The van der Waals surface area contributed by atoms with Crippen LogP contribution in [-0.4, -0.2) is 39.4 Å². The Balaban J connectivity index is 1.38. The van der Waals surface area contributed by atoms with Crippen LogP contribution in [0.3, 0.4) is 0 Å². The van der Waals surface area contributed by atoms with E-state index < -0.39 is 0 Å². The maximum Gasteiger partial charge on any atom is 0.112 e. The van der Waals surface area contributed by atoms with Gasteiger partial charge in [0.15, 0.2) is 0 Å². The van der Waals surface area contributed by atoms with Crippen LogP contribution in [0.15, 0.2) is 48.8 Å². The van der Waals surface area contributed by atoms with Crippen molar-refractivity contribution in [1.82, 2.24) is 19.7 Å². The van der Waals surface area contributed by atoms with Crippen LogP contribution in [0.1, 0.15) is 46.7 Å². The third kappa shape index (κ3) is 4.92. The van der Waals surface area contributed by atoms with Crippen molar-refractivity contribution >= 4 is 0 Å². The summed E-state index contributed by atoms with van der Waals surface area (Å²) in [6.45, 7) is 10.7. The fraction of sp³-hybridized carbons (Fsp3) is 0.417. The Kier molecular flexibility index (Phi) is 6.07. The highest BCUT2D eigenvalue weighted by Crippen LogP contribution is 2.23. The van der Waals surface area contributed by atoms with Crippen LogP contribution in [0, 0.1) is 13.8 Å². The summed E-state index contributed by atoms with van der Waals surface area (Å²) >= 11 is 0. The molecule has 1 atom stereocenters. The zero-order valence-electron chi connectivity index (χ0n) is 17.6. The van der Waals surface area contributed by atoms with Gasteiger partial charge in [-0.25, -0.2) is 0 Å². The van der Waals surface area contributed by atoms with Gasteiger partial charge in [-0.1, -0.05) is 35.9 Å². The van der Waals surface area contributed by atoms with Crippen molar-refractivity contribution in [3.63, 3.8) is 0 Å². The highest BCUT2D eigenvalue weighted by atomic mass is 16.5. The smallest absolute Gasteiger partial charge is 0.112 e. The average molecular weight is 391 g/mol. The monoisotopic (exact) mass is 390 g/mol. The summed E-state index contributed by atoms with van der Waals surface area (Å²) in [7, 11) is 0. The molecule has 5 heteroatoms. The quantitative estimate of drug-likeness (QED) is 0.636. The zero-order valence-corrected chi connectivity index (χ0v) is 17.6. The van der Waals surface area contributed by atoms with Gasteiger partial charge in [-0.2, -0.15) is 5.10 Å². The first-order chi connectivity index (χ1) is 14.1. The van der Waals surface area contributed by atoms with Crippen LogP contribution in [0.2, 0.25) is 0 Å². The van der Waals surface area contributed by atoms with Gasteiger partial charge in [0.25, 0.3) is 0 Å². The first-order valence-corrected chi connectivity index (χ1v) is 10.5. The molecule has 1 aliphatic rings. The third-order valence-electron chi connectivity index (χ3n) is 5.62. The van der Waals surface area contributed by atoms with E-state index in [1.54, 1.807) is 0 Å². The Morgan fingerprint density at radius 2 is 1.86 bits per heavy atom. The van der Waals surface area contributed by atoms with Gasteiger partial charge in [-0.3, -0.25) is 14.6 Å². The molecule has 1 aliphatic heterocycles. The molecule has 0 amide bonds. The predicted octanol–water partition coefficient (Wildman–Crippen LogP) is 4.08. The number of pyridine rings is 1. The van der Waals surface area contributed by atoms with E-state index in [9.17, 15) is 0 Å². The second-order valence-corrected chi connectivity index (χ2v) is 7.94. The lowest BCUT2D eigenvalue weighted by Crippen LogP contribution is -2.38. The zero-order chi connectivity index (χ0) is 20.2. The number of morpholine rings is 1. The van der Waals surface area contributed by atoms with Crippen molar-refractivity contribution in [3.05, 3.63) is 82.4 Å². The highest BCUT2D eigenvalue weighted by molar-refractivity contribution is 5.28. The summed E-state index contributed by atoms with van der Waals surface area (Å²) in [6.07, 6.45) is 5.09. The van der Waals surface area contributed by atoms with E-state index in [-0.39, 0.29) is 6.10 Å². The number of ether oxygens (including phenoxy) is 1. The molecule has 152 valence electrons. The summed E-state index contributed by atoms with van der Waals surface area (Å²) in [5.74, 6) is 0. The molecule has 29 heavy (non-hydrogen) atoms. The van der Waals surface area contributed by atoms with Crippen LogP contribution in [-0.2, 0) is 24.2 Å². The number of rotatable bonds is 6. The van der Waals surface area contributed by atoms with Crippen molar-refractivity contribution in [2.45, 2.75) is 46.4 Å². The molecule has 4 rings (SSSR count). The standard InChI is InChI=1S/C24H30N4O/c1-4-28-16-22(19(3)26-28)15-27-11-12-29-24(17-27)23-10-9-21(14-25-23)13-20-7-5-18(2)6-8-20/h5-10,14,16,24H,4,11-13,15,17H2,1-3H3/t24-/m0/s1. The van der Waals surface area contributed by atoms with E-state index in [0.717, 1.165) is 50.6 Å². The Morgan fingerprint density at radius 1 is 1.07 bits per heavy atom. The lowest BCUT2D eigenvalue weighted by atomic mass is 10.0. The van der Waals surface area contributed by atoms with Crippen molar-refractivity contribution in [2.24, 2.45) is 0 Å². The largest absolute Gasteiger partial charge is 0.369 e. The minimum Gasteiger partial charge on any atom is -0.369 e. The van der Waals surface area contributed by atoms with E-state index in [2.05, 4.69) is 73.4 Å². The first kappa shape index (κ1) is 19.8. The van der Waals surface area contributed by atoms with Crippen LogP contribution < -0.4 is 0 Å². The molecule has 0 spiro atoms. The van der Waals surface area contributed by atoms with Gasteiger partial charge in [0, 0.05) is 44.1 Å². The minimum atomic E-state index is 0.0266. The fourth-order valence-electron chi connectivity index (χ4n) is 3.81. The summed E-state index contributed by atoms with van der Waals surface area (Å²) in [5.41, 5.74) is 7.27. The van der Waals surface area contributed by atoms with Crippen LogP contribution in [0.4, 0.5) is 0 Å². The lowest BCUT2D eigenvalue weighted by Gasteiger charge is -2.32. The Hall–Kier alpha value is -2.50. The SMILES string of the molecule is CCn1cc(CN2CCO[C@H](c3ccc(Cc4ccc(C)cc4)cn3)C2)c(C)n1. The molecule has 3 aromatic rings. The molecule has 0 radical (unpaired) electrons. The first-order valence-electron chi connectivity index (χ1n) is 10.5. The van der Waals surface area contributed by atoms with Crippen LogP contribution in [0.25, 0.3) is 0 Å². The van der Waals surface area contributed by atoms with Gasteiger partial charge in [0.2, 0.25) is 0 Å². The summed E-state index contributed by atoms with van der Waals surface area (Å²) in [4.78, 5) is 7.17. The van der Waals surface area contributed by atoms with E-state index in [1.165, 1.54) is 22.3 Å². The van der Waals surface area contributed by atoms with E-state index in [0.29, 0.717) is 0 Å². The molecule has 2 aromatic heterocycles. The molecular weight excluding hydrogens is 360 g/mol. The second kappa shape index (κ2) is 8.89. The second-order valence-electron chi connectivity index (χ2n) is 7.94. The summed E-state index contributed by atoms with van der Waals surface area (Å²) in [6, 6.07) is 13.0. The van der Waals surface area contributed by atoms with Gasteiger partial charge >= 0.3 is 0 Å². The highest BCUT2D eigenvalue weighted by Gasteiger charge is 2.24. The van der Waals surface area contributed by atoms with Gasteiger partial charge < -0.3 is 4.74 Å². The number of aromatic nitrogens is 3. The molecule has 3 heterocycles. The maximum absolute atomic E-state index is 6.03. The molecule has 1 saturated heterocycles. The molecule has 1 fully saturated rings. The van der Waals surface area contributed by atoms with Crippen molar-refractivity contribution in [1.29, 1.82) is 0 Å². The topological polar surface area (TPSA) is 43.2 Å². The molecule has 0 N–H and O–H groups in total. The molecule has 0 aliphatic carbocycles. The molecule has 5 nitrogen and oxygen atoms in total. The van der Waals surface area contributed by atoms with Crippen LogP contribution in [0.5, 0.6) is 0 Å². The van der Waals surface area contributed by atoms with E-state index in [4.69, 9.17) is 9.72 Å². The third-order valence-corrected chi connectivity index (χ3v) is 5.62. The van der Waals surface area contributed by atoms with Crippen molar-refractivity contribution < 1.29 is 4.74 Å². The van der Waals surface area contributed by atoms with E-state index >= 15 is 0 Å². The average Bonchev–Trinajstić information content (AvgIpc) is 3.10. The Labute approximate surface area is 173 Å². The molecule has 0 bridgehead atoms. The number of aryl methyl sites for hydroxylation is 3. The van der Waals surface area contributed by atoms with Crippen molar-refractivity contribution in [3.8, 4) is 0 Å². The molecule has 0 saturated carbocycles. The molecule has 1 aromatic carbocycles. The lowest BCUT2D eigenvalue weighted by molar-refractivity contribution is -0.0350. The molecular formula is C24H30N4O. The number of nitrogens with zero attached hydrogens (tertiary/aromatic N) is 4. The Bertz CT molecular complexity index is 931. The van der Waals surface area contributed by atoms with Gasteiger partial charge in [0.1, 0.15) is 6.10 Å². The fourth-order valence-corrected chi connectivity index (χ4v) is 3.81. The van der Waals surface area contributed by atoms with Gasteiger partial charge in [-0.15, -0.1) is 0 Å². The predicted molar refractivity (Wildman–Crippen MR) is 115 cm³/mol. The summed E-state index contributed by atoms with van der Waals surface area (Å²) < 4.78 is 8.05. The summed E-state index contributed by atoms with van der Waals surface area (Å²) in [5, 5.41) is 4.57. The number of hydrogen-bond donors (Lipinski definition) is 0. The maximum atomic E-state index is 6.03. The van der Waals surface area contributed by atoms with Crippen LogP contribution >= 0.6 is 0 Å². The van der Waals surface area contributed by atoms with Gasteiger partial charge in [-0.05, 0) is 44.4 Å². The van der Waals surface area contributed by atoms with Crippen molar-refractivity contribution in [2.75, 3.05) is 19.7 Å². The minimum absolute atomic E-state index is 0.0266. The molecule has 0 unspecified atom stereocenters. The van der Waals surface area contributed by atoms with E-state index in [1.807, 2.05) is 10.9 Å². The Morgan fingerprint density at radius 3 is 2.55 bits per heavy atom.